The lowest BCUT2D eigenvalue weighted by Gasteiger charge is -2.23. The molecule has 0 aliphatic carbocycles. The second-order valence-electron chi connectivity index (χ2n) is 3.72. The normalized spacial score (nSPS) is 12.6. The molecular formula is C12H17NO2. The zero-order valence-corrected chi connectivity index (χ0v) is 9.65. The molecule has 3 heteroatoms. The van der Waals surface area contributed by atoms with Crippen LogP contribution in [0.1, 0.15) is 18.5 Å². The molecule has 0 radical (unpaired) electrons. The Kier molecular flexibility index (Phi) is 3.86. The van der Waals surface area contributed by atoms with Gasteiger partial charge in [0, 0.05) is 5.56 Å². The number of likely N-dealkylation sites (N-methyl/N-ethyl adjacent to an activating group) is 1. The van der Waals surface area contributed by atoms with Crippen LogP contribution in [0.4, 0.5) is 0 Å². The Labute approximate surface area is 90.7 Å². The van der Waals surface area contributed by atoms with Gasteiger partial charge in [-0.3, -0.25) is 9.69 Å². The number of ketones is 1. The fourth-order valence-corrected chi connectivity index (χ4v) is 1.75. The Morgan fingerprint density at radius 3 is 2.40 bits per heavy atom. The summed E-state index contributed by atoms with van der Waals surface area (Å²) in [4.78, 5) is 13.4. The Bertz CT molecular complexity index is 347. The number of rotatable bonds is 4. The quantitative estimate of drug-likeness (QED) is 0.755. The molecule has 1 atom stereocenters. The summed E-state index contributed by atoms with van der Waals surface area (Å²) >= 11 is 0. The van der Waals surface area contributed by atoms with Crippen molar-refractivity contribution in [2.75, 3.05) is 21.2 Å². The number of para-hydroxylation sites is 1. The van der Waals surface area contributed by atoms with Crippen molar-refractivity contribution in [1.29, 1.82) is 0 Å². The van der Waals surface area contributed by atoms with E-state index in [4.69, 9.17) is 4.74 Å². The topological polar surface area (TPSA) is 29.5 Å². The Hall–Kier alpha value is -1.35. The lowest BCUT2D eigenvalue weighted by Crippen LogP contribution is -2.26. The summed E-state index contributed by atoms with van der Waals surface area (Å²) in [7, 11) is 5.39. The largest absolute Gasteiger partial charge is 0.496 e. The first kappa shape index (κ1) is 11.7. The zero-order valence-electron chi connectivity index (χ0n) is 9.65. The number of Topliss-reactive ketones (excluding diaryl/α,β-unsaturated/α-hetero) is 1. The van der Waals surface area contributed by atoms with E-state index in [9.17, 15) is 4.79 Å². The van der Waals surface area contributed by atoms with Crippen LogP contribution >= 0.6 is 0 Å². The minimum Gasteiger partial charge on any atom is -0.496 e. The third-order valence-electron chi connectivity index (χ3n) is 2.33. The lowest BCUT2D eigenvalue weighted by molar-refractivity contribution is -0.121. The van der Waals surface area contributed by atoms with E-state index in [-0.39, 0.29) is 11.8 Å². The first-order valence-corrected chi connectivity index (χ1v) is 4.87. The van der Waals surface area contributed by atoms with Gasteiger partial charge >= 0.3 is 0 Å². The predicted octanol–water partition coefficient (Wildman–Crippen LogP) is 1.89. The van der Waals surface area contributed by atoms with Crippen LogP contribution in [0.3, 0.4) is 0 Å². The van der Waals surface area contributed by atoms with Crippen molar-refractivity contribution >= 4 is 5.78 Å². The second-order valence-corrected chi connectivity index (χ2v) is 3.72. The first-order chi connectivity index (χ1) is 7.07. The number of hydrogen-bond donors (Lipinski definition) is 0. The van der Waals surface area contributed by atoms with Crippen LogP contribution in [-0.4, -0.2) is 31.9 Å². The molecule has 0 aliphatic heterocycles. The molecule has 0 fully saturated rings. The number of hydrogen-bond acceptors (Lipinski definition) is 3. The highest BCUT2D eigenvalue weighted by Crippen LogP contribution is 2.28. The fourth-order valence-electron chi connectivity index (χ4n) is 1.75. The monoisotopic (exact) mass is 207 g/mol. The number of methoxy groups -OCH3 is 1. The van der Waals surface area contributed by atoms with Crippen molar-refractivity contribution in [3.05, 3.63) is 29.8 Å². The maximum atomic E-state index is 11.6. The molecule has 3 nitrogen and oxygen atoms in total. The molecule has 1 aromatic carbocycles. The van der Waals surface area contributed by atoms with Gasteiger partial charge in [0.1, 0.15) is 5.75 Å². The molecule has 1 aromatic rings. The highest BCUT2D eigenvalue weighted by Gasteiger charge is 2.21. The van der Waals surface area contributed by atoms with Gasteiger partial charge in [0.25, 0.3) is 0 Å². The molecule has 0 spiro atoms. The van der Waals surface area contributed by atoms with E-state index in [1.54, 1.807) is 14.0 Å². The van der Waals surface area contributed by atoms with Crippen molar-refractivity contribution < 1.29 is 9.53 Å². The molecular weight excluding hydrogens is 190 g/mol. The van der Waals surface area contributed by atoms with Gasteiger partial charge in [0.2, 0.25) is 0 Å². The second kappa shape index (κ2) is 4.94. The molecule has 1 unspecified atom stereocenters. The van der Waals surface area contributed by atoms with Gasteiger partial charge in [-0.2, -0.15) is 0 Å². The van der Waals surface area contributed by atoms with Crippen LogP contribution in [0.5, 0.6) is 5.75 Å². The van der Waals surface area contributed by atoms with Crippen molar-refractivity contribution in [1.82, 2.24) is 4.90 Å². The average molecular weight is 207 g/mol. The maximum Gasteiger partial charge on any atom is 0.151 e. The van der Waals surface area contributed by atoms with Crippen molar-refractivity contribution in [2.24, 2.45) is 0 Å². The van der Waals surface area contributed by atoms with Crippen LogP contribution in [-0.2, 0) is 4.79 Å². The van der Waals surface area contributed by atoms with Crippen LogP contribution in [0.2, 0.25) is 0 Å². The van der Waals surface area contributed by atoms with Gasteiger partial charge in [-0.25, -0.2) is 0 Å². The summed E-state index contributed by atoms with van der Waals surface area (Å²) in [6.45, 7) is 1.59. The molecule has 0 bridgehead atoms. The van der Waals surface area contributed by atoms with Gasteiger partial charge < -0.3 is 4.74 Å². The van der Waals surface area contributed by atoms with Crippen LogP contribution < -0.4 is 4.74 Å². The molecule has 0 saturated carbocycles. The third-order valence-corrected chi connectivity index (χ3v) is 2.33. The lowest BCUT2D eigenvalue weighted by atomic mass is 10.0. The van der Waals surface area contributed by atoms with E-state index >= 15 is 0 Å². The van der Waals surface area contributed by atoms with Gasteiger partial charge in [-0.05, 0) is 27.1 Å². The van der Waals surface area contributed by atoms with Crippen LogP contribution in [0.25, 0.3) is 0 Å². The number of benzene rings is 1. The maximum absolute atomic E-state index is 11.6. The van der Waals surface area contributed by atoms with Crippen LogP contribution in [0, 0.1) is 0 Å². The number of nitrogens with zero attached hydrogens (tertiary/aromatic N) is 1. The van der Waals surface area contributed by atoms with E-state index < -0.39 is 0 Å². The van der Waals surface area contributed by atoms with Crippen molar-refractivity contribution in [3.63, 3.8) is 0 Å². The Balaban J connectivity index is 3.16. The summed E-state index contributed by atoms with van der Waals surface area (Å²) in [5.41, 5.74) is 0.914. The molecule has 0 aliphatic rings. The minimum atomic E-state index is -0.235. The van der Waals surface area contributed by atoms with Crippen molar-refractivity contribution in [3.8, 4) is 5.75 Å². The molecule has 1 rings (SSSR count). The van der Waals surface area contributed by atoms with E-state index in [1.807, 2.05) is 43.3 Å². The predicted molar refractivity (Wildman–Crippen MR) is 60.1 cm³/mol. The molecule has 15 heavy (non-hydrogen) atoms. The highest BCUT2D eigenvalue weighted by molar-refractivity contribution is 5.83. The highest BCUT2D eigenvalue weighted by atomic mass is 16.5. The Morgan fingerprint density at radius 2 is 1.93 bits per heavy atom. The van der Waals surface area contributed by atoms with Crippen LogP contribution in [0.15, 0.2) is 24.3 Å². The summed E-state index contributed by atoms with van der Waals surface area (Å²) in [6, 6.07) is 7.37. The molecule has 0 aromatic heterocycles. The number of carbonyl (C=O) groups excluding carboxylic acids is 1. The standard InChI is InChI=1S/C12H17NO2/c1-9(14)12(13(2)3)10-7-5-6-8-11(10)15-4/h5-8,12H,1-4H3. The minimum absolute atomic E-state index is 0.115. The van der Waals surface area contributed by atoms with Gasteiger partial charge in [-0.15, -0.1) is 0 Å². The summed E-state index contributed by atoms with van der Waals surface area (Å²) in [5.74, 6) is 0.871. The zero-order chi connectivity index (χ0) is 11.4. The van der Waals surface area contributed by atoms with E-state index in [0.717, 1.165) is 11.3 Å². The molecule has 0 N–H and O–H groups in total. The molecule has 0 saturated heterocycles. The number of carbonyl (C=O) groups is 1. The molecule has 0 heterocycles. The van der Waals surface area contributed by atoms with E-state index in [2.05, 4.69) is 0 Å². The smallest absolute Gasteiger partial charge is 0.151 e. The summed E-state index contributed by atoms with van der Waals surface area (Å²) in [5, 5.41) is 0. The summed E-state index contributed by atoms with van der Waals surface area (Å²) < 4.78 is 5.25. The first-order valence-electron chi connectivity index (χ1n) is 4.87. The van der Waals surface area contributed by atoms with E-state index in [1.165, 1.54) is 0 Å². The van der Waals surface area contributed by atoms with Crippen molar-refractivity contribution in [2.45, 2.75) is 13.0 Å². The fraction of sp³-hybridized carbons (Fsp3) is 0.417. The van der Waals surface area contributed by atoms with Gasteiger partial charge in [-0.1, -0.05) is 18.2 Å². The summed E-state index contributed by atoms with van der Waals surface area (Å²) in [6.07, 6.45) is 0. The third kappa shape index (κ3) is 2.57. The van der Waals surface area contributed by atoms with Gasteiger partial charge in [0.15, 0.2) is 5.78 Å². The average Bonchev–Trinajstić information content (AvgIpc) is 2.17. The molecule has 82 valence electrons. The Morgan fingerprint density at radius 1 is 1.33 bits per heavy atom. The number of ether oxygens (including phenoxy) is 1. The SMILES string of the molecule is COc1ccccc1C(C(C)=O)N(C)C. The van der Waals surface area contributed by atoms with E-state index in [0.29, 0.717) is 0 Å². The van der Waals surface area contributed by atoms with Gasteiger partial charge in [0.05, 0.1) is 13.2 Å². The molecule has 0 amide bonds.